The van der Waals surface area contributed by atoms with E-state index in [-0.39, 0.29) is 11.0 Å². The lowest BCUT2D eigenvalue weighted by molar-refractivity contribution is -0.136. The average Bonchev–Trinajstić information content (AvgIpc) is 2.44. The molecule has 2 rings (SSSR count). The molecular formula is C8H6F3N3O. The molecule has 0 radical (unpaired) electrons. The van der Waals surface area contributed by atoms with Crippen molar-refractivity contribution in [2.45, 2.75) is 6.18 Å². The van der Waals surface area contributed by atoms with Crippen LogP contribution in [0.5, 0.6) is 0 Å². The first-order valence-corrected chi connectivity index (χ1v) is 4.01. The maximum atomic E-state index is 12.5. The van der Waals surface area contributed by atoms with E-state index in [0.717, 1.165) is 17.1 Å². The third-order valence-corrected chi connectivity index (χ3v) is 2.06. The van der Waals surface area contributed by atoms with Gasteiger partial charge < -0.3 is 9.55 Å². The van der Waals surface area contributed by atoms with Gasteiger partial charge in [0.2, 0.25) is 0 Å². The molecule has 0 spiro atoms. The third kappa shape index (κ3) is 1.39. The Balaban J connectivity index is 2.92. The van der Waals surface area contributed by atoms with Crippen LogP contribution in [0.25, 0.3) is 11.0 Å². The van der Waals surface area contributed by atoms with Crippen LogP contribution in [0.1, 0.15) is 5.56 Å². The zero-order valence-corrected chi connectivity index (χ0v) is 7.59. The highest BCUT2D eigenvalue weighted by Gasteiger charge is 2.35. The first kappa shape index (κ1) is 9.75. The summed E-state index contributed by atoms with van der Waals surface area (Å²) in [6.07, 6.45) is -2.69. The molecule has 80 valence electrons. The van der Waals surface area contributed by atoms with Gasteiger partial charge >= 0.3 is 6.18 Å². The lowest BCUT2D eigenvalue weighted by Gasteiger charge is -2.02. The number of halogens is 3. The number of fused-ring (bicyclic) bond motifs is 1. The molecule has 0 amide bonds. The zero-order chi connectivity index (χ0) is 11.2. The number of rotatable bonds is 0. The minimum Gasteiger partial charge on any atom is -0.344 e. The van der Waals surface area contributed by atoms with Crippen LogP contribution in [0, 0.1) is 0 Å². The van der Waals surface area contributed by atoms with Crippen LogP contribution in [0.15, 0.2) is 17.3 Å². The summed E-state index contributed by atoms with van der Waals surface area (Å²) >= 11 is 0. The lowest BCUT2D eigenvalue weighted by atomic mass is 10.3. The fourth-order valence-corrected chi connectivity index (χ4v) is 1.44. The number of aromatic amines is 1. The molecule has 2 aromatic rings. The van der Waals surface area contributed by atoms with Gasteiger partial charge in [-0.2, -0.15) is 13.2 Å². The van der Waals surface area contributed by atoms with Crippen molar-refractivity contribution in [3.63, 3.8) is 0 Å². The molecule has 0 atom stereocenters. The van der Waals surface area contributed by atoms with E-state index in [1.807, 2.05) is 0 Å². The van der Waals surface area contributed by atoms with Crippen LogP contribution >= 0.6 is 0 Å². The first-order chi connectivity index (χ1) is 6.91. The van der Waals surface area contributed by atoms with Crippen LogP contribution in [0.3, 0.4) is 0 Å². The number of aromatic nitrogens is 3. The second-order valence-corrected chi connectivity index (χ2v) is 3.08. The Labute approximate surface area is 81.4 Å². The predicted octanol–water partition coefficient (Wildman–Crippen LogP) is 1.28. The van der Waals surface area contributed by atoms with Gasteiger partial charge in [-0.1, -0.05) is 0 Å². The highest BCUT2D eigenvalue weighted by Crippen LogP contribution is 2.33. The predicted molar refractivity (Wildman–Crippen MR) is 46.3 cm³/mol. The average molecular weight is 217 g/mol. The van der Waals surface area contributed by atoms with Crippen LogP contribution < -0.4 is 5.56 Å². The van der Waals surface area contributed by atoms with Gasteiger partial charge in [-0.3, -0.25) is 4.79 Å². The summed E-state index contributed by atoms with van der Waals surface area (Å²) in [5.41, 5.74) is -1.89. The molecule has 4 nitrogen and oxygen atoms in total. The molecule has 15 heavy (non-hydrogen) atoms. The fraction of sp³-hybridized carbons (Fsp3) is 0.250. The van der Waals surface area contributed by atoms with Crippen LogP contribution in [0.2, 0.25) is 0 Å². The number of nitrogens with zero attached hydrogens (tertiary/aromatic N) is 2. The minimum atomic E-state index is -4.50. The van der Waals surface area contributed by atoms with Gasteiger partial charge in [0, 0.05) is 13.2 Å². The molecule has 2 heterocycles. The van der Waals surface area contributed by atoms with E-state index in [1.165, 1.54) is 7.05 Å². The Bertz CT molecular complexity index is 566. The number of hydrogen-bond acceptors (Lipinski definition) is 2. The van der Waals surface area contributed by atoms with Crippen molar-refractivity contribution in [2.75, 3.05) is 0 Å². The summed E-state index contributed by atoms with van der Waals surface area (Å²) in [5.74, 6) is 0. The SMILES string of the molecule is Cn1cc(C(F)(F)F)c2nc[nH]c(=O)c21. The Morgan fingerprint density at radius 2 is 2.13 bits per heavy atom. The molecule has 0 aliphatic carbocycles. The smallest absolute Gasteiger partial charge is 0.344 e. The topological polar surface area (TPSA) is 50.7 Å². The minimum absolute atomic E-state index is 0.0789. The summed E-state index contributed by atoms with van der Waals surface area (Å²) in [5, 5.41) is 0. The molecule has 0 aromatic carbocycles. The standard InChI is InChI=1S/C8H6F3N3O/c1-14-2-4(8(9,10)11)5-6(14)7(15)13-3-12-5/h2-3H,1H3,(H,12,13,15). The molecule has 0 aliphatic rings. The maximum Gasteiger partial charge on any atom is 0.419 e. The van der Waals surface area contributed by atoms with Crippen LogP contribution in [0.4, 0.5) is 13.2 Å². The van der Waals surface area contributed by atoms with Crippen LogP contribution in [-0.4, -0.2) is 14.5 Å². The van der Waals surface area contributed by atoms with Crippen molar-refractivity contribution in [2.24, 2.45) is 7.05 Å². The summed E-state index contributed by atoms with van der Waals surface area (Å²) in [4.78, 5) is 17.0. The number of alkyl halides is 3. The number of hydrogen-bond donors (Lipinski definition) is 1. The molecule has 0 aliphatic heterocycles. The van der Waals surface area contributed by atoms with Crippen molar-refractivity contribution in [3.8, 4) is 0 Å². The molecule has 2 aromatic heterocycles. The van der Waals surface area contributed by atoms with Gasteiger partial charge in [0.1, 0.15) is 11.0 Å². The quantitative estimate of drug-likeness (QED) is 0.722. The third-order valence-electron chi connectivity index (χ3n) is 2.06. The van der Waals surface area contributed by atoms with E-state index in [0.29, 0.717) is 0 Å². The van der Waals surface area contributed by atoms with Crippen molar-refractivity contribution < 1.29 is 13.2 Å². The molecule has 0 fully saturated rings. The van der Waals surface area contributed by atoms with E-state index in [2.05, 4.69) is 9.97 Å². The second kappa shape index (κ2) is 2.85. The molecule has 0 saturated carbocycles. The van der Waals surface area contributed by atoms with E-state index < -0.39 is 17.3 Å². The number of aryl methyl sites for hydroxylation is 1. The Hall–Kier alpha value is -1.79. The molecule has 0 saturated heterocycles. The van der Waals surface area contributed by atoms with Crippen molar-refractivity contribution in [1.82, 2.24) is 14.5 Å². The first-order valence-electron chi connectivity index (χ1n) is 4.01. The van der Waals surface area contributed by atoms with E-state index in [4.69, 9.17) is 0 Å². The number of H-pyrrole nitrogens is 1. The summed E-state index contributed by atoms with van der Waals surface area (Å²) in [6, 6.07) is 0. The van der Waals surface area contributed by atoms with Crippen LogP contribution in [-0.2, 0) is 13.2 Å². The van der Waals surface area contributed by atoms with Gasteiger partial charge in [0.15, 0.2) is 0 Å². The fourth-order valence-electron chi connectivity index (χ4n) is 1.44. The molecule has 1 N–H and O–H groups in total. The Morgan fingerprint density at radius 1 is 1.47 bits per heavy atom. The van der Waals surface area contributed by atoms with Gasteiger partial charge in [0.25, 0.3) is 5.56 Å². The molecular weight excluding hydrogens is 211 g/mol. The summed E-state index contributed by atoms with van der Waals surface area (Å²) in [7, 11) is 1.37. The molecule has 0 unspecified atom stereocenters. The van der Waals surface area contributed by atoms with Gasteiger partial charge in [0.05, 0.1) is 11.9 Å². The summed E-state index contributed by atoms with van der Waals surface area (Å²) in [6.45, 7) is 0. The van der Waals surface area contributed by atoms with E-state index in [9.17, 15) is 18.0 Å². The van der Waals surface area contributed by atoms with Gasteiger partial charge in [-0.05, 0) is 0 Å². The summed E-state index contributed by atoms with van der Waals surface area (Å²) < 4.78 is 38.6. The molecule has 7 heteroatoms. The van der Waals surface area contributed by atoms with Gasteiger partial charge in [-0.25, -0.2) is 4.98 Å². The maximum absolute atomic E-state index is 12.5. The van der Waals surface area contributed by atoms with E-state index in [1.54, 1.807) is 0 Å². The van der Waals surface area contributed by atoms with E-state index >= 15 is 0 Å². The van der Waals surface area contributed by atoms with Crippen molar-refractivity contribution >= 4 is 11.0 Å². The Morgan fingerprint density at radius 3 is 2.73 bits per heavy atom. The highest BCUT2D eigenvalue weighted by molar-refractivity contribution is 5.79. The van der Waals surface area contributed by atoms with Gasteiger partial charge in [-0.15, -0.1) is 0 Å². The highest BCUT2D eigenvalue weighted by atomic mass is 19.4. The van der Waals surface area contributed by atoms with Crippen molar-refractivity contribution in [1.29, 1.82) is 0 Å². The normalized spacial score (nSPS) is 12.3. The second-order valence-electron chi connectivity index (χ2n) is 3.08. The number of nitrogens with one attached hydrogen (secondary N) is 1. The largest absolute Gasteiger partial charge is 0.419 e. The monoisotopic (exact) mass is 217 g/mol. The van der Waals surface area contributed by atoms with Crippen molar-refractivity contribution in [3.05, 3.63) is 28.4 Å². The Kier molecular flexibility index (Phi) is 1.85. The zero-order valence-electron chi connectivity index (χ0n) is 7.59. The molecule has 0 bridgehead atoms. The lowest BCUT2D eigenvalue weighted by Crippen LogP contribution is -2.09.